The molecule has 6 nitrogen and oxygen atoms in total. The van der Waals surface area contributed by atoms with Crippen molar-refractivity contribution in [1.29, 1.82) is 0 Å². The Hall–Kier alpha value is -3.14. The number of halogens is 3. The summed E-state index contributed by atoms with van der Waals surface area (Å²) >= 11 is 1.10. The van der Waals surface area contributed by atoms with Crippen LogP contribution >= 0.6 is 11.3 Å². The van der Waals surface area contributed by atoms with Crippen LogP contribution in [0.15, 0.2) is 47.5 Å². The lowest BCUT2D eigenvalue weighted by Gasteiger charge is -2.08. The first-order valence-corrected chi connectivity index (χ1v) is 9.05. The van der Waals surface area contributed by atoms with Crippen molar-refractivity contribution in [3.05, 3.63) is 58.4 Å². The van der Waals surface area contributed by atoms with Crippen molar-refractivity contribution in [2.45, 2.75) is 12.7 Å². The first-order chi connectivity index (χ1) is 13.7. The number of para-hydroxylation sites is 1. The van der Waals surface area contributed by atoms with Gasteiger partial charge in [0.05, 0.1) is 24.5 Å². The van der Waals surface area contributed by atoms with E-state index in [1.54, 1.807) is 18.2 Å². The van der Waals surface area contributed by atoms with Gasteiger partial charge in [0.2, 0.25) is 0 Å². The number of benzene rings is 2. The fourth-order valence-corrected chi connectivity index (χ4v) is 3.71. The molecule has 0 unspecified atom stereocenters. The van der Waals surface area contributed by atoms with Crippen LogP contribution in [0.4, 0.5) is 13.2 Å². The second-order valence-electron chi connectivity index (χ2n) is 5.85. The minimum Gasteiger partial charge on any atom is -0.495 e. The zero-order chi connectivity index (χ0) is 21.2. The summed E-state index contributed by atoms with van der Waals surface area (Å²) in [6.07, 6.45) is -4.58. The summed E-state index contributed by atoms with van der Waals surface area (Å²) in [5, 5.41) is 0. The third-order valence-corrected chi connectivity index (χ3v) is 5.08. The molecule has 2 aromatic carbocycles. The predicted molar refractivity (Wildman–Crippen MR) is 99.7 cm³/mol. The molecule has 0 atom stereocenters. The van der Waals surface area contributed by atoms with Crippen LogP contribution in [-0.2, 0) is 22.3 Å². The molecule has 3 rings (SSSR count). The largest absolute Gasteiger partial charge is 0.495 e. The lowest BCUT2D eigenvalue weighted by molar-refractivity contribution is -0.141. The molecule has 0 saturated heterocycles. The Kier molecular flexibility index (Phi) is 5.73. The summed E-state index contributed by atoms with van der Waals surface area (Å²) in [4.78, 5) is 28.5. The molecular formula is C19H15F3N2O4S. The number of rotatable bonds is 4. The molecule has 0 radical (unpaired) electrons. The number of hydrogen-bond acceptors (Lipinski definition) is 5. The third-order valence-electron chi connectivity index (χ3n) is 4.03. The maximum atomic E-state index is 12.9. The molecule has 0 aliphatic heterocycles. The van der Waals surface area contributed by atoms with Crippen LogP contribution in [-0.4, -0.2) is 30.7 Å². The van der Waals surface area contributed by atoms with Crippen molar-refractivity contribution >= 4 is 33.4 Å². The number of carbonyl (C=O) groups is 2. The van der Waals surface area contributed by atoms with Gasteiger partial charge in [-0.3, -0.25) is 9.59 Å². The van der Waals surface area contributed by atoms with Gasteiger partial charge in [-0.15, -0.1) is 0 Å². The highest BCUT2D eigenvalue weighted by Gasteiger charge is 2.30. The molecule has 0 fully saturated rings. The van der Waals surface area contributed by atoms with E-state index in [1.807, 2.05) is 0 Å². The van der Waals surface area contributed by atoms with E-state index in [4.69, 9.17) is 9.47 Å². The van der Waals surface area contributed by atoms with Crippen LogP contribution in [0.5, 0.6) is 5.75 Å². The summed E-state index contributed by atoms with van der Waals surface area (Å²) < 4.78 is 50.9. The van der Waals surface area contributed by atoms with Gasteiger partial charge in [0.25, 0.3) is 5.91 Å². The smallest absolute Gasteiger partial charge is 0.416 e. The third kappa shape index (κ3) is 4.32. The Morgan fingerprint density at radius 3 is 2.52 bits per heavy atom. The van der Waals surface area contributed by atoms with Gasteiger partial charge in [-0.1, -0.05) is 23.5 Å². The molecule has 1 aromatic heterocycles. The lowest BCUT2D eigenvalue weighted by atomic mass is 10.1. The number of fused-ring (bicyclic) bond motifs is 1. The molecule has 3 aromatic rings. The van der Waals surface area contributed by atoms with Crippen molar-refractivity contribution in [3.63, 3.8) is 0 Å². The molecule has 0 aliphatic carbocycles. The zero-order valence-electron chi connectivity index (χ0n) is 15.3. The number of nitrogens with zero attached hydrogens (tertiary/aromatic N) is 2. The molecule has 1 heterocycles. The van der Waals surface area contributed by atoms with Gasteiger partial charge in [-0.05, 0) is 30.3 Å². The van der Waals surface area contributed by atoms with E-state index < -0.39 is 23.6 Å². The summed E-state index contributed by atoms with van der Waals surface area (Å²) in [6.45, 7) is -0.244. The zero-order valence-corrected chi connectivity index (χ0v) is 16.1. The van der Waals surface area contributed by atoms with Crippen molar-refractivity contribution in [1.82, 2.24) is 4.57 Å². The average Bonchev–Trinajstić information content (AvgIpc) is 3.04. The number of hydrogen-bond donors (Lipinski definition) is 0. The van der Waals surface area contributed by atoms with Gasteiger partial charge in [0.1, 0.15) is 17.8 Å². The van der Waals surface area contributed by atoms with E-state index in [9.17, 15) is 22.8 Å². The number of aromatic nitrogens is 1. The normalized spacial score (nSPS) is 12.2. The van der Waals surface area contributed by atoms with Crippen LogP contribution < -0.4 is 9.54 Å². The monoisotopic (exact) mass is 424 g/mol. The molecule has 0 N–H and O–H groups in total. The maximum absolute atomic E-state index is 12.9. The van der Waals surface area contributed by atoms with Crippen LogP contribution in [0.1, 0.15) is 15.9 Å². The van der Waals surface area contributed by atoms with Gasteiger partial charge in [0.15, 0.2) is 4.80 Å². The molecule has 1 amide bonds. The topological polar surface area (TPSA) is 69.9 Å². The molecule has 29 heavy (non-hydrogen) atoms. The minimum absolute atomic E-state index is 0.136. The van der Waals surface area contributed by atoms with E-state index in [1.165, 1.54) is 24.9 Å². The molecule has 0 aliphatic rings. The highest BCUT2D eigenvalue weighted by atomic mass is 32.1. The second kappa shape index (κ2) is 8.08. The summed E-state index contributed by atoms with van der Waals surface area (Å²) in [5.74, 6) is -0.987. The van der Waals surface area contributed by atoms with E-state index in [0.717, 1.165) is 29.5 Å². The SMILES string of the molecule is COC(=O)Cn1c(=NC(=O)c2cccc(C(F)(F)F)c2)sc2cccc(OC)c21. The number of methoxy groups -OCH3 is 2. The highest BCUT2D eigenvalue weighted by Crippen LogP contribution is 2.30. The van der Waals surface area contributed by atoms with Gasteiger partial charge in [-0.2, -0.15) is 18.2 Å². The van der Waals surface area contributed by atoms with Crippen LogP contribution in [0, 0.1) is 0 Å². The first kappa shape index (κ1) is 20.6. The van der Waals surface area contributed by atoms with Crippen molar-refractivity contribution in [2.24, 2.45) is 4.99 Å². The average molecular weight is 424 g/mol. The van der Waals surface area contributed by atoms with E-state index in [2.05, 4.69) is 4.99 Å². The second-order valence-corrected chi connectivity index (χ2v) is 6.86. The molecule has 10 heteroatoms. The van der Waals surface area contributed by atoms with Gasteiger partial charge in [-0.25, -0.2) is 0 Å². The molecule has 0 saturated carbocycles. The maximum Gasteiger partial charge on any atom is 0.416 e. The Bertz CT molecular complexity index is 1150. The predicted octanol–water partition coefficient (Wildman–Crippen LogP) is 3.64. The number of alkyl halides is 3. The van der Waals surface area contributed by atoms with Crippen molar-refractivity contribution in [3.8, 4) is 5.75 Å². The Morgan fingerprint density at radius 2 is 1.86 bits per heavy atom. The Balaban J connectivity index is 2.16. The van der Waals surface area contributed by atoms with E-state index in [0.29, 0.717) is 16.0 Å². The quantitative estimate of drug-likeness (QED) is 0.600. The molecule has 0 bridgehead atoms. The number of ether oxygens (including phenoxy) is 2. The number of amides is 1. The van der Waals surface area contributed by atoms with Crippen LogP contribution in [0.25, 0.3) is 10.2 Å². The van der Waals surface area contributed by atoms with Gasteiger partial charge in [0, 0.05) is 5.56 Å². The Labute approximate surface area is 166 Å². The molecule has 0 spiro atoms. The molecular weight excluding hydrogens is 409 g/mol. The fraction of sp³-hybridized carbons (Fsp3) is 0.211. The first-order valence-electron chi connectivity index (χ1n) is 8.24. The van der Waals surface area contributed by atoms with Gasteiger partial charge >= 0.3 is 12.1 Å². The van der Waals surface area contributed by atoms with Gasteiger partial charge < -0.3 is 14.0 Å². The van der Waals surface area contributed by atoms with Crippen LogP contribution in [0.3, 0.4) is 0 Å². The molecule has 152 valence electrons. The summed E-state index contributed by atoms with van der Waals surface area (Å²) in [6, 6.07) is 9.18. The fourth-order valence-electron chi connectivity index (χ4n) is 2.67. The number of esters is 1. The van der Waals surface area contributed by atoms with Crippen molar-refractivity contribution < 1.29 is 32.2 Å². The standard InChI is InChI=1S/C19H15F3N2O4S/c1-27-13-7-4-8-14-16(13)24(10-15(25)28-2)18(29-14)23-17(26)11-5-3-6-12(9-11)19(20,21)22/h3-9H,10H2,1-2H3. The summed E-state index contributed by atoms with van der Waals surface area (Å²) in [5.41, 5.74) is -0.631. The van der Waals surface area contributed by atoms with E-state index >= 15 is 0 Å². The minimum atomic E-state index is -4.58. The number of carbonyl (C=O) groups excluding carboxylic acids is 2. The van der Waals surface area contributed by atoms with E-state index in [-0.39, 0.29) is 16.9 Å². The Morgan fingerprint density at radius 1 is 1.14 bits per heavy atom. The number of thiazole rings is 1. The highest BCUT2D eigenvalue weighted by molar-refractivity contribution is 7.16. The van der Waals surface area contributed by atoms with Crippen molar-refractivity contribution in [2.75, 3.05) is 14.2 Å². The lowest BCUT2D eigenvalue weighted by Crippen LogP contribution is -2.22. The van der Waals surface area contributed by atoms with Crippen LogP contribution in [0.2, 0.25) is 0 Å². The summed E-state index contributed by atoms with van der Waals surface area (Å²) in [7, 11) is 2.68.